The van der Waals surface area contributed by atoms with E-state index in [0.717, 1.165) is 20.5 Å². The molecule has 26 heavy (non-hydrogen) atoms. The molecule has 4 aromatic rings. The molecule has 0 spiro atoms. The van der Waals surface area contributed by atoms with Crippen molar-refractivity contribution in [3.8, 4) is 10.8 Å². The number of thiophene rings is 1. The van der Waals surface area contributed by atoms with E-state index in [0.29, 0.717) is 5.69 Å². The van der Waals surface area contributed by atoms with E-state index in [1.54, 1.807) is 6.20 Å². The lowest BCUT2D eigenvalue weighted by Gasteiger charge is -2.05. The van der Waals surface area contributed by atoms with Crippen molar-refractivity contribution in [2.75, 3.05) is 5.32 Å². The summed E-state index contributed by atoms with van der Waals surface area (Å²) in [6.45, 7) is 0.139. The number of rotatable bonds is 5. The van der Waals surface area contributed by atoms with Crippen molar-refractivity contribution in [3.63, 3.8) is 0 Å². The number of aromatic nitrogens is 3. The van der Waals surface area contributed by atoms with Gasteiger partial charge >= 0.3 is 5.76 Å². The smallest absolute Gasteiger partial charge is 0.387 e. The van der Waals surface area contributed by atoms with E-state index >= 15 is 0 Å². The number of para-hydroxylation sites is 1. The second kappa shape index (κ2) is 6.93. The summed E-state index contributed by atoms with van der Waals surface area (Å²) >= 11 is 1.43. The molecule has 0 saturated heterocycles. The van der Waals surface area contributed by atoms with Crippen molar-refractivity contribution < 1.29 is 9.21 Å². The van der Waals surface area contributed by atoms with Crippen molar-refractivity contribution in [3.05, 3.63) is 64.6 Å². The van der Waals surface area contributed by atoms with Crippen molar-refractivity contribution >= 4 is 33.8 Å². The Morgan fingerprint density at radius 3 is 2.96 bits per heavy atom. The molecule has 0 fully saturated rings. The highest BCUT2D eigenvalue weighted by atomic mass is 32.1. The third-order valence-electron chi connectivity index (χ3n) is 3.76. The van der Waals surface area contributed by atoms with Crippen LogP contribution >= 0.6 is 11.3 Å². The normalized spacial score (nSPS) is 10.9. The number of aryl methyl sites for hydroxylation is 1. The van der Waals surface area contributed by atoms with Crippen molar-refractivity contribution in [2.45, 2.75) is 13.0 Å². The number of hydrogen-bond donors (Lipinski definition) is 1. The van der Waals surface area contributed by atoms with E-state index in [9.17, 15) is 9.59 Å². The SMILES string of the molecule is O=C(CCn1nc(-c2cccs2)oc1=O)Nc1cnc2ccccc2c1. The molecule has 1 N–H and O–H groups in total. The standard InChI is InChI=1S/C18H14N4O3S/c23-16(20-13-10-12-4-1-2-5-14(12)19-11-13)7-8-22-18(24)25-17(21-22)15-6-3-9-26-15/h1-6,9-11H,7-8H2,(H,20,23). The van der Waals surface area contributed by atoms with Crippen LogP contribution in [0.2, 0.25) is 0 Å². The van der Waals surface area contributed by atoms with Gasteiger partial charge in [-0.2, -0.15) is 4.68 Å². The van der Waals surface area contributed by atoms with E-state index < -0.39 is 5.76 Å². The van der Waals surface area contributed by atoms with Gasteiger partial charge in [-0.25, -0.2) is 4.79 Å². The molecule has 3 aromatic heterocycles. The molecule has 0 aliphatic rings. The van der Waals surface area contributed by atoms with Gasteiger partial charge < -0.3 is 9.73 Å². The van der Waals surface area contributed by atoms with E-state index in [2.05, 4.69) is 15.4 Å². The van der Waals surface area contributed by atoms with Crippen molar-refractivity contribution in [1.29, 1.82) is 0 Å². The minimum absolute atomic E-state index is 0.100. The molecule has 0 bridgehead atoms. The Kier molecular flexibility index (Phi) is 4.32. The van der Waals surface area contributed by atoms with E-state index in [-0.39, 0.29) is 24.8 Å². The van der Waals surface area contributed by atoms with Crippen LogP contribution in [-0.4, -0.2) is 20.7 Å². The zero-order valence-electron chi connectivity index (χ0n) is 13.6. The highest BCUT2D eigenvalue weighted by Crippen LogP contribution is 2.21. The molecular formula is C18H14N4O3S. The van der Waals surface area contributed by atoms with Crippen LogP contribution in [0.25, 0.3) is 21.7 Å². The number of pyridine rings is 1. The summed E-state index contributed by atoms with van der Waals surface area (Å²) in [7, 11) is 0. The maximum Gasteiger partial charge on any atom is 0.437 e. The monoisotopic (exact) mass is 366 g/mol. The summed E-state index contributed by atoms with van der Waals surface area (Å²) in [5.74, 6) is -0.535. The number of anilines is 1. The van der Waals surface area contributed by atoms with Gasteiger partial charge in [-0.3, -0.25) is 9.78 Å². The Morgan fingerprint density at radius 2 is 2.12 bits per heavy atom. The van der Waals surface area contributed by atoms with Gasteiger partial charge in [0.2, 0.25) is 5.91 Å². The first kappa shape index (κ1) is 16.2. The molecule has 130 valence electrons. The third-order valence-corrected chi connectivity index (χ3v) is 4.62. The van der Waals surface area contributed by atoms with Crippen LogP contribution in [0.15, 0.2) is 63.3 Å². The number of carbonyl (C=O) groups is 1. The molecule has 8 heteroatoms. The molecular weight excluding hydrogens is 352 g/mol. The molecule has 0 aliphatic carbocycles. The molecule has 4 rings (SSSR count). The molecule has 0 saturated carbocycles. The molecule has 1 aromatic carbocycles. The Labute approximate surface area is 151 Å². The first-order valence-electron chi connectivity index (χ1n) is 7.95. The lowest BCUT2D eigenvalue weighted by atomic mass is 10.2. The zero-order chi connectivity index (χ0) is 17.9. The van der Waals surface area contributed by atoms with Gasteiger partial charge in [-0.15, -0.1) is 16.4 Å². The maximum atomic E-state index is 12.2. The first-order valence-corrected chi connectivity index (χ1v) is 8.83. The van der Waals surface area contributed by atoms with Crippen LogP contribution in [0.1, 0.15) is 6.42 Å². The predicted molar refractivity (Wildman–Crippen MR) is 99.1 cm³/mol. The van der Waals surface area contributed by atoms with Gasteiger partial charge in [0, 0.05) is 11.8 Å². The number of benzene rings is 1. The fraction of sp³-hybridized carbons (Fsp3) is 0.111. The second-order valence-electron chi connectivity index (χ2n) is 5.59. The van der Waals surface area contributed by atoms with Gasteiger partial charge in [-0.05, 0) is 23.6 Å². The highest BCUT2D eigenvalue weighted by Gasteiger charge is 2.12. The molecule has 0 radical (unpaired) electrons. The van der Waals surface area contributed by atoms with Crippen LogP contribution in [-0.2, 0) is 11.3 Å². The lowest BCUT2D eigenvalue weighted by molar-refractivity contribution is -0.116. The van der Waals surface area contributed by atoms with Gasteiger partial charge in [-0.1, -0.05) is 24.3 Å². The number of nitrogens with one attached hydrogen (secondary N) is 1. The van der Waals surface area contributed by atoms with E-state index in [1.165, 1.54) is 11.3 Å². The van der Waals surface area contributed by atoms with Crippen LogP contribution in [0.5, 0.6) is 0 Å². The predicted octanol–water partition coefficient (Wildman–Crippen LogP) is 3.14. The number of amides is 1. The number of nitrogens with zero attached hydrogens (tertiary/aromatic N) is 3. The fourth-order valence-corrected chi connectivity index (χ4v) is 3.16. The molecule has 0 unspecified atom stereocenters. The average Bonchev–Trinajstić information content (AvgIpc) is 3.29. The maximum absolute atomic E-state index is 12.2. The van der Waals surface area contributed by atoms with E-state index in [1.807, 2.05) is 47.8 Å². The van der Waals surface area contributed by atoms with Crippen LogP contribution in [0.3, 0.4) is 0 Å². The average molecular weight is 366 g/mol. The van der Waals surface area contributed by atoms with E-state index in [4.69, 9.17) is 4.42 Å². The van der Waals surface area contributed by atoms with Gasteiger partial charge in [0.1, 0.15) is 0 Å². The molecule has 7 nitrogen and oxygen atoms in total. The quantitative estimate of drug-likeness (QED) is 0.586. The number of fused-ring (bicyclic) bond motifs is 1. The fourth-order valence-electron chi connectivity index (χ4n) is 2.52. The highest BCUT2D eigenvalue weighted by molar-refractivity contribution is 7.13. The van der Waals surface area contributed by atoms with Gasteiger partial charge in [0.25, 0.3) is 5.89 Å². The molecule has 1 amide bonds. The Hall–Kier alpha value is -3.26. The minimum atomic E-state index is -0.575. The van der Waals surface area contributed by atoms with Crippen molar-refractivity contribution in [1.82, 2.24) is 14.8 Å². The van der Waals surface area contributed by atoms with Crippen LogP contribution < -0.4 is 11.1 Å². The van der Waals surface area contributed by atoms with Crippen molar-refractivity contribution in [2.24, 2.45) is 0 Å². The largest absolute Gasteiger partial charge is 0.437 e. The third kappa shape index (κ3) is 3.40. The molecule has 0 atom stereocenters. The number of hydrogen-bond acceptors (Lipinski definition) is 6. The topological polar surface area (TPSA) is 90.0 Å². The summed E-state index contributed by atoms with van der Waals surface area (Å²) in [4.78, 5) is 29.1. The minimum Gasteiger partial charge on any atom is -0.387 e. The van der Waals surface area contributed by atoms with Crippen LogP contribution in [0.4, 0.5) is 5.69 Å². The lowest BCUT2D eigenvalue weighted by Crippen LogP contribution is -2.21. The van der Waals surface area contributed by atoms with Crippen LogP contribution in [0, 0.1) is 0 Å². The second-order valence-corrected chi connectivity index (χ2v) is 6.54. The zero-order valence-corrected chi connectivity index (χ0v) is 14.4. The van der Waals surface area contributed by atoms with Gasteiger partial charge in [0.05, 0.1) is 28.8 Å². The molecule has 3 heterocycles. The summed E-state index contributed by atoms with van der Waals surface area (Å²) < 4.78 is 6.28. The summed E-state index contributed by atoms with van der Waals surface area (Å²) in [6.07, 6.45) is 1.71. The number of carbonyl (C=O) groups excluding carboxylic acids is 1. The molecule has 0 aliphatic heterocycles. The summed E-state index contributed by atoms with van der Waals surface area (Å²) in [6, 6.07) is 13.2. The summed E-state index contributed by atoms with van der Waals surface area (Å²) in [5, 5.41) is 9.73. The van der Waals surface area contributed by atoms with Gasteiger partial charge in [0.15, 0.2) is 0 Å². The Balaban J connectivity index is 1.41. The first-order chi connectivity index (χ1) is 12.7. The Bertz CT molecular complexity index is 1110. The summed E-state index contributed by atoms with van der Waals surface area (Å²) in [5.41, 5.74) is 1.47. The Morgan fingerprint density at radius 1 is 1.23 bits per heavy atom.